The molecule has 1 N–H and O–H groups in total. The van der Waals surface area contributed by atoms with Crippen molar-refractivity contribution in [3.8, 4) is 0 Å². The van der Waals surface area contributed by atoms with E-state index in [1.54, 1.807) is 0 Å². The van der Waals surface area contributed by atoms with Gasteiger partial charge in [-0.15, -0.1) is 0 Å². The van der Waals surface area contributed by atoms with Gasteiger partial charge >= 0.3 is 0 Å². The molecule has 4 unspecified atom stereocenters. The van der Waals surface area contributed by atoms with Crippen LogP contribution < -0.4 is 5.32 Å². The molecule has 2 rings (SSSR count). The van der Waals surface area contributed by atoms with Gasteiger partial charge in [-0.3, -0.25) is 4.90 Å². The summed E-state index contributed by atoms with van der Waals surface area (Å²) < 4.78 is 0. The Morgan fingerprint density at radius 3 is 2.68 bits per heavy atom. The zero-order chi connectivity index (χ0) is 13.8. The molecular weight excluding hydrogens is 232 g/mol. The van der Waals surface area contributed by atoms with Gasteiger partial charge in [-0.2, -0.15) is 0 Å². The van der Waals surface area contributed by atoms with Gasteiger partial charge in [-0.05, 0) is 56.1 Å². The molecule has 0 spiro atoms. The third-order valence-corrected chi connectivity index (χ3v) is 5.44. The van der Waals surface area contributed by atoms with Crippen LogP contribution in [0.15, 0.2) is 0 Å². The second-order valence-electron chi connectivity index (χ2n) is 7.54. The van der Waals surface area contributed by atoms with Crippen molar-refractivity contribution in [3.63, 3.8) is 0 Å². The van der Waals surface area contributed by atoms with E-state index in [9.17, 15) is 0 Å². The maximum absolute atomic E-state index is 3.64. The lowest BCUT2D eigenvalue weighted by Gasteiger charge is -2.40. The maximum Gasteiger partial charge on any atom is 0.0123 e. The van der Waals surface area contributed by atoms with E-state index >= 15 is 0 Å². The third-order valence-electron chi connectivity index (χ3n) is 5.44. The largest absolute Gasteiger partial charge is 0.316 e. The molecule has 1 saturated heterocycles. The van der Waals surface area contributed by atoms with E-state index in [1.165, 1.54) is 51.9 Å². The van der Waals surface area contributed by atoms with Gasteiger partial charge in [0.15, 0.2) is 0 Å². The molecule has 2 aliphatic rings. The Labute approximate surface area is 120 Å². The second-order valence-corrected chi connectivity index (χ2v) is 7.54. The van der Waals surface area contributed by atoms with Crippen LogP contribution in [0.5, 0.6) is 0 Å². The van der Waals surface area contributed by atoms with Crippen molar-refractivity contribution >= 4 is 0 Å². The lowest BCUT2D eigenvalue weighted by atomic mass is 9.77. The molecule has 0 radical (unpaired) electrons. The highest BCUT2D eigenvalue weighted by Gasteiger charge is 2.35. The summed E-state index contributed by atoms with van der Waals surface area (Å²) in [5.41, 5.74) is 0. The van der Waals surface area contributed by atoms with Crippen molar-refractivity contribution in [1.82, 2.24) is 10.2 Å². The molecule has 19 heavy (non-hydrogen) atoms. The number of hydrogen-bond donors (Lipinski definition) is 1. The molecule has 0 bridgehead atoms. The first-order valence-electron chi connectivity index (χ1n) is 8.52. The summed E-state index contributed by atoms with van der Waals surface area (Å²) in [6, 6.07) is 0.874. The normalized spacial score (nSPS) is 37.1. The monoisotopic (exact) mass is 266 g/mol. The predicted molar refractivity (Wildman–Crippen MR) is 83.4 cm³/mol. The number of hydrogen-bond acceptors (Lipinski definition) is 2. The highest BCUT2D eigenvalue weighted by atomic mass is 15.2. The van der Waals surface area contributed by atoms with Crippen LogP contribution >= 0.6 is 0 Å². The van der Waals surface area contributed by atoms with Crippen LogP contribution in [0.4, 0.5) is 0 Å². The molecule has 2 heteroatoms. The topological polar surface area (TPSA) is 15.3 Å². The van der Waals surface area contributed by atoms with E-state index in [0.29, 0.717) is 0 Å². The fraction of sp³-hybridized carbons (Fsp3) is 1.00. The second kappa shape index (κ2) is 7.08. The van der Waals surface area contributed by atoms with E-state index in [0.717, 1.165) is 29.7 Å². The van der Waals surface area contributed by atoms with Gasteiger partial charge in [-0.1, -0.05) is 40.5 Å². The predicted octanol–water partition coefficient (Wildman–Crippen LogP) is 3.38. The van der Waals surface area contributed by atoms with E-state index in [-0.39, 0.29) is 0 Å². The summed E-state index contributed by atoms with van der Waals surface area (Å²) in [5.74, 6) is 3.49. The summed E-state index contributed by atoms with van der Waals surface area (Å²) >= 11 is 0. The van der Waals surface area contributed by atoms with Gasteiger partial charge in [-0.25, -0.2) is 0 Å². The number of nitrogens with one attached hydrogen (secondary N) is 1. The Kier molecular flexibility index (Phi) is 5.70. The molecule has 0 amide bonds. The molecule has 112 valence electrons. The maximum atomic E-state index is 3.64. The first-order valence-corrected chi connectivity index (χ1v) is 8.52. The minimum Gasteiger partial charge on any atom is -0.316 e. The Bertz CT molecular complexity index is 264. The van der Waals surface area contributed by atoms with Crippen LogP contribution in [0.3, 0.4) is 0 Å². The van der Waals surface area contributed by atoms with Crippen molar-refractivity contribution in [2.75, 3.05) is 26.2 Å². The average molecular weight is 266 g/mol. The van der Waals surface area contributed by atoms with Gasteiger partial charge in [0.05, 0.1) is 0 Å². The number of rotatable bonds is 5. The highest BCUT2D eigenvalue weighted by Crippen LogP contribution is 2.35. The van der Waals surface area contributed by atoms with Crippen LogP contribution in [-0.2, 0) is 0 Å². The molecule has 0 aromatic heterocycles. The van der Waals surface area contributed by atoms with E-state index in [2.05, 4.69) is 37.9 Å². The van der Waals surface area contributed by atoms with Crippen molar-refractivity contribution in [1.29, 1.82) is 0 Å². The fourth-order valence-corrected chi connectivity index (χ4v) is 3.98. The van der Waals surface area contributed by atoms with Gasteiger partial charge in [0.25, 0.3) is 0 Å². The van der Waals surface area contributed by atoms with Crippen molar-refractivity contribution < 1.29 is 0 Å². The molecule has 1 aliphatic carbocycles. The van der Waals surface area contributed by atoms with Crippen molar-refractivity contribution in [3.05, 3.63) is 0 Å². The summed E-state index contributed by atoms with van der Waals surface area (Å²) in [6.07, 6.45) is 5.74. The zero-order valence-electron chi connectivity index (χ0n) is 13.5. The van der Waals surface area contributed by atoms with Crippen LogP contribution in [0.25, 0.3) is 0 Å². The van der Waals surface area contributed by atoms with E-state index in [4.69, 9.17) is 0 Å². The molecule has 1 saturated carbocycles. The lowest BCUT2D eigenvalue weighted by molar-refractivity contribution is 0.0981. The number of likely N-dealkylation sites (tertiary alicyclic amines) is 1. The summed E-state index contributed by atoms with van der Waals surface area (Å²) in [5, 5.41) is 3.64. The molecule has 2 fully saturated rings. The summed E-state index contributed by atoms with van der Waals surface area (Å²) in [6.45, 7) is 14.6. The van der Waals surface area contributed by atoms with E-state index < -0.39 is 0 Å². The number of nitrogens with zero attached hydrogens (tertiary/aromatic N) is 1. The van der Waals surface area contributed by atoms with Gasteiger partial charge in [0.1, 0.15) is 0 Å². The molecule has 2 nitrogen and oxygen atoms in total. The van der Waals surface area contributed by atoms with Crippen molar-refractivity contribution in [2.24, 2.45) is 23.7 Å². The fourth-order valence-electron chi connectivity index (χ4n) is 3.98. The van der Waals surface area contributed by atoms with Crippen LogP contribution in [0, 0.1) is 23.7 Å². The van der Waals surface area contributed by atoms with E-state index in [1.807, 2.05) is 0 Å². The molecule has 4 atom stereocenters. The summed E-state index contributed by atoms with van der Waals surface area (Å²) in [7, 11) is 0. The van der Waals surface area contributed by atoms with Crippen LogP contribution in [-0.4, -0.2) is 37.1 Å². The van der Waals surface area contributed by atoms with Gasteiger partial charge < -0.3 is 5.32 Å². The third kappa shape index (κ3) is 4.19. The molecule has 0 aromatic carbocycles. The lowest BCUT2D eigenvalue weighted by Crippen LogP contribution is -2.43. The Morgan fingerprint density at radius 1 is 1.16 bits per heavy atom. The Balaban J connectivity index is 1.74. The SMILES string of the molecule is CC(C)CNCC1CCN(C2CCCC(C)C2C)C1. The molecule has 0 aromatic rings. The Hall–Kier alpha value is -0.0800. The first kappa shape index (κ1) is 15.3. The minimum atomic E-state index is 0.775. The smallest absolute Gasteiger partial charge is 0.0123 e. The van der Waals surface area contributed by atoms with Crippen LogP contribution in [0.2, 0.25) is 0 Å². The van der Waals surface area contributed by atoms with Crippen molar-refractivity contribution in [2.45, 2.75) is 59.4 Å². The minimum absolute atomic E-state index is 0.775. The highest BCUT2D eigenvalue weighted by molar-refractivity contribution is 4.89. The average Bonchev–Trinajstić information content (AvgIpc) is 2.81. The zero-order valence-corrected chi connectivity index (χ0v) is 13.5. The summed E-state index contributed by atoms with van der Waals surface area (Å²) in [4.78, 5) is 2.81. The first-order chi connectivity index (χ1) is 9.08. The van der Waals surface area contributed by atoms with Crippen LogP contribution in [0.1, 0.15) is 53.4 Å². The molecule has 1 heterocycles. The quantitative estimate of drug-likeness (QED) is 0.820. The Morgan fingerprint density at radius 2 is 1.95 bits per heavy atom. The molecule has 1 aliphatic heterocycles. The standard InChI is InChI=1S/C17H34N2/c1-13(2)10-18-11-16-8-9-19(12-16)17-7-5-6-14(3)15(17)4/h13-18H,5-12H2,1-4H3. The van der Waals surface area contributed by atoms with Gasteiger partial charge in [0.2, 0.25) is 0 Å². The van der Waals surface area contributed by atoms with Gasteiger partial charge in [0, 0.05) is 12.6 Å². The molecular formula is C17H34N2.